The fourth-order valence-corrected chi connectivity index (χ4v) is 3.23. The van der Waals surface area contributed by atoms with Gasteiger partial charge in [0.2, 0.25) is 5.91 Å². The molecule has 28 heavy (non-hydrogen) atoms. The van der Waals surface area contributed by atoms with Crippen molar-refractivity contribution in [1.29, 1.82) is 0 Å². The van der Waals surface area contributed by atoms with E-state index in [9.17, 15) is 14.4 Å². The average molecular weight is 389 g/mol. The molecule has 4 atom stereocenters. The number of benzene rings is 1. The van der Waals surface area contributed by atoms with E-state index in [0.717, 1.165) is 6.42 Å². The highest BCUT2D eigenvalue weighted by Crippen LogP contribution is 2.18. The summed E-state index contributed by atoms with van der Waals surface area (Å²) in [5.41, 5.74) is 0.504. The first-order chi connectivity index (χ1) is 13.3. The molecule has 0 bridgehead atoms. The number of ether oxygens (including phenoxy) is 1. The van der Waals surface area contributed by atoms with Gasteiger partial charge in [-0.25, -0.2) is 0 Å². The normalized spacial score (nSPS) is 21.4. The van der Waals surface area contributed by atoms with Crippen molar-refractivity contribution in [3.05, 3.63) is 35.9 Å². The SMILES string of the molecule is CC[C@@H]1OCC(=O)C1NC(=O)C(CCC(C)C(C)C)NC(=O)c1ccccc1. The summed E-state index contributed by atoms with van der Waals surface area (Å²) in [6.07, 6.45) is 1.65. The smallest absolute Gasteiger partial charge is 0.251 e. The number of nitrogens with one attached hydrogen (secondary N) is 2. The molecular weight excluding hydrogens is 356 g/mol. The molecule has 0 aliphatic carbocycles. The number of carbonyl (C=O) groups excluding carboxylic acids is 3. The highest BCUT2D eigenvalue weighted by atomic mass is 16.5. The van der Waals surface area contributed by atoms with Crippen molar-refractivity contribution < 1.29 is 19.1 Å². The quantitative estimate of drug-likeness (QED) is 0.681. The van der Waals surface area contributed by atoms with Crippen molar-refractivity contribution >= 4 is 17.6 Å². The van der Waals surface area contributed by atoms with Gasteiger partial charge in [-0.2, -0.15) is 0 Å². The van der Waals surface area contributed by atoms with E-state index in [1.807, 2.05) is 13.0 Å². The molecule has 1 aliphatic rings. The van der Waals surface area contributed by atoms with Crippen LogP contribution in [0.2, 0.25) is 0 Å². The van der Waals surface area contributed by atoms with Gasteiger partial charge in [-0.3, -0.25) is 14.4 Å². The molecule has 3 unspecified atom stereocenters. The number of ketones is 1. The van der Waals surface area contributed by atoms with Crippen LogP contribution < -0.4 is 10.6 Å². The largest absolute Gasteiger partial charge is 0.368 e. The average Bonchev–Trinajstić information content (AvgIpc) is 3.04. The van der Waals surface area contributed by atoms with Gasteiger partial charge in [-0.15, -0.1) is 0 Å². The Morgan fingerprint density at radius 1 is 1.14 bits per heavy atom. The summed E-state index contributed by atoms with van der Waals surface area (Å²) in [6.45, 7) is 8.36. The minimum Gasteiger partial charge on any atom is -0.368 e. The van der Waals surface area contributed by atoms with Crippen LogP contribution in [0.15, 0.2) is 30.3 Å². The van der Waals surface area contributed by atoms with Gasteiger partial charge < -0.3 is 15.4 Å². The lowest BCUT2D eigenvalue weighted by molar-refractivity contribution is -0.127. The van der Waals surface area contributed by atoms with Crippen LogP contribution in [0.3, 0.4) is 0 Å². The van der Waals surface area contributed by atoms with E-state index in [1.165, 1.54) is 0 Å². The number of hydrogen-bond acceptors (Lipinski definition) is 4. The van der Waals surface area contributed by atoms with Gasteiger partial charge in [-0.05, 0) is 43.2 Å². The van der Waals surface area contributed by atoms with E-state index in [0.29, 0.717) is 30.2 Å². The number of amides is 2. The third-order valence-electron chi connectivity index (χ3n) is 5.57. The molecule has 154 valence electrons. The second-order valence-electron chi connectivity index (χ2n) is 7.90. The summed E-state index contributed by atoms with van der Waals surface area (Å²) in [4.78, 5) is 37.6. The fourth-order valence-electron chi connectivity index (χ4n) is 3.23. The Hall–Kier alpha value is -2.21. The summed E-state index contributed by atoms with van der Waals surface area (Å²) in [7, 11) is 0. The maximum Gasteiger partial charge on any atom is 0.251 e. The summed E-state index contributed by atoms with van der Waals surface area (Å²) in [5.74, 6) is 0.164. The molecule has 0 aromatic heterocycles. The molecule has 1 aromatic carbocycles. The minimum atomic E-state index is -0.695. The predicted molar refractivity (Wildman–Crippen MR) is 108 cm³/mol. The van der Waals surface area contributed by atoms with Crippen molar-refractivity contribution in [3.8, 4) is 0 Å². The van der Waals surface area contributed by atoms with Gasteiger partial charge in [0.25, 0.3) is 5.91 Å². The van der Waals surface area contributed by atoms with Gasteiger partial charge in [0, 0.05) is 5.56 Å². The number of rotatable bonds is 9. The molecule has 0 radical (unpaired) electrons. The van der Waals surface area contributed by atoms with Crippen molar-refractivity contribution in [2.24, 2.45) is 11.8 Å². The summed E-state index contributed by atoms with van der Waals surface area (Å²) >= 11 is 0. The van der Waals surface area contributed by atoms with E-state index in [4.69, 9.17) is 4.74 Å². The van der Waals surface area contributed by atoms with Crippen molar-refractivity contribution in [1.82, 2.24) is 10.6 Å². The Balaban J connectivity index is 2.08. The van der Waals surface area contributed by atoms with Crippen LogP contribution in [-0.4, -0.2) is 42.4 Å². The van der Waals surface area contributed by atoms with E-state index in [1.54, 1.807) is 24.3 Å². The molecule has 0 spiro atoms. The van der Waals surface area contributed by atoms with Crippen LogP contribution in [0, 0.1) is 11.8 Å². The topological polar surface area (TPSA) is 84.5 Å². The van der Waals surface area contributed by atoms with Gasteiger partial charge >= 0.3 is 0 Å². The Kier molecular flexibility index (Phi) is 8.18. The molecule has 6 heteroatoms. The van der Waals surface area contributed by atoms with Crippen LogP contribution in [0.1, 0.15) is 57.3 Å². The van der Waals surface area contributed by atoms with Crippen LogP contribution in [0.4, 0.5) is 0 Å². The summed E-state index contributed by atoms with van der Waals surface area (Å²) in [5, 5.41) is 5.66. The highest BCUT2D eigenvalue weighted by Gasteiger charge is 2.37. The fraction of sp³-hybridized carbons (Fsp3) is 0.591. The van der Waals surface area contributed by atoms with Crippen LogP contribution in [-0.2, 0) is 14.3 Å². The van der Waals surface area contributed by atoms with Gasteiger partial charge in [0.15, 0.2) is 5.78 Å². The third kappa shape index (κ3) is 5.89. The standard InChI is InChI=1S/C22H32N2O4/c1-5-19-20(18(25)13-28-19)24-22(27)17(12-11-15(4)14(2)3)23-21(26)16-9-7-6-8-10-16/h6-10,14-15,17,19-20H,5,11-13H2,1-4H3,(H,23,26)(H,24,27)/t15?,17?,19-,20?/m0/s1. The third-order valence-corrected chi connectivity index (χ3v) is 5.57. The van der Waals surface area contributed by atoms with E-state index in [2.05, 4.69) is 31.4 Å². The molecule has 6 nitrogen and oxygen atoms in total. The molecule has 2 N–H and O–H groups in total. The lowest BCUT2D eigenvalue weighted by Gasteiger charge is -2.24. The molecule has 1 fully saturated rings. The maximum absolute atomic E-state index is 12.9. The van der Waals surface area contributed by atoms with Crippen molar-refractivity contribution in [3.63, 3.8) is 0 Å². The monoisotopic (exact) mass is 388 g/mol. The lowest BCUT2D eigenvalue weighted by Crippen LogP contribution is -2.53. The second kappa shape index (κ2) is 10.4. The number of carbonyl (C=O) groups is 3. The lowest BCUT2D eigenvalue weighted by atomic mass is 9.91. The second-order valence-corrected chi connectivity index (χ2v) is 7.90. The first-order valence-electron chi connectivity index (χ1n) is 10.1. The zero-order chi connectivity index (χ0) is 20.7. The maximum atomic E-state index is 12.9. The molecule has 2 amide bonds. The Morgan fingerprint density at radius 3 is 2.43 bits per heavy atom. The molecule has 1 heterocycles. The summed E-state index contributed by atoms with van der Waals surface area (Å²) < 4.78 is 5.44. The van der Waals surface area contributed by atoms with Crippen molar-refractivity contribution in [2.45, 2.75) is 65.1 Å². The first-order valence-corrected chi connectivity index (χ1v) is 10.1. The molecule has 0 saturated carbocycles. The van der Waals surface area contributed by atoms with E-state index >= 15 is 0 Å². The highest BCUT2D eigenvalue weighted by molar-refractivity contribution is 5.98. The van der Waals surface area contributed by atoms with Crippen LogP contribution >= 0.6 is 0 Å². The van der Waals surface area contributed by atoms with E-state index < -0.39 is 12.1 Å². The number of Topliss-reactive ketones (excluding diaryl/α,β-unsaturated/α-hetero) is 1. The molecule has 1 aliphatic heterocycles. The van der Waals surface area contributed by atoms with E-state index in [-0.39, 0.29) is 30.3 Å². The van der Waals surface area contributed by atoms with Gasteiger partial charge in [0.05, 0.1) is 6.10 Å². The molecule has 2 rings (SSSR count). The molecule has 1 aromatic rings. The Bertz CT molecular complexity index is 674. The first kappa shape index (κ1) is 22.1. The molecule has 1 saturated heterocycles. The zero-order valence-electron chi connectivity index (χ0n) is 17.2. The summed E-state index contributed by atoms with van der Waals surface area (Å²) in [6, 6.07) is 7.49. The predicted octanol–water partition coefficient (Wildman–Crippen LogP) is 2.72. The zero-order valence-corrected chi connectivity index (χ0v) is 17.2. The Labute approximate surface area is 167 Å². The van der Waals surface area contributed by atoms with Crippen molar-refractivity contribution in [2.75, 3.05) is 6.61 Å². The molecular formula is C22H32N2O4. The Morgan fingerprint density at radius 2 is 1.82 bits per heavy atom. The number of hydrogen-bond donors (Lipinski definition) is 2. The van der Waals surface area contributed by atoms with Gasteiger partial charge in [-0.1, -0.05) is 45.9 Å². The minimum absolute atomic E-state index is 0.0227. The van der Waals surface area contributed by atoms with Crippen LogP contribution in [0.5, 0.6) is 0 Å². The van der Waals surface area contributed by atoms with Crippen LogP contribution in [0.25, 0.3) is 0 Å². The van der Waals surface area contributed by atoms with Gasteiger partial charge in [0.1, 0.15) is 18.7 Å².